The molecule has 1 aromatic rings. The molecule has 0 spiro atoms. The van der Waals surface area contributed by atoms with Crippen LogP contribution in [0.1, 0.15) is 32.7 Å². The number of rotatable bonds is 2. The average molecular weight is 272 g/mol. The third-order valence-corrected chi connectivity index (χ3v) is 3.00. The van der Waals surface area contributed by atoms with E-state index in [1.807, 2.05) is 0 Å². The van der Waals surface area contributed by atoms with Crippen molar-refractivity contribution < 1.29 is 5.11 Å². The van der Waals surface area contributed by atoms with Gasteiger partial charge in [0.15, 0.2) is 5.82 Å². The number of hydrogen-bond acceptors (Lipinski definition) is 6. The zero-order valence-corrected chi connectivity index (χ0v) is 11.5. The molecule has 6 nitrogen and oxygen atoms in total. The number of nitrogens with one attached hydrogen (secondary N) is 1. The lowest BCUT2D eigenvalue weighted by molar-refractivity contribution is 0.188. The van der Waals surface area contributed by atoms with Gasteiger partial charge in [-0.25, -0.2) is 0 Å². The lowest BCUT2D eigenvalue weighted by Gasteiger charge is -2.36. The SMILES string of the molecule is CC1CN(c2nc(Cl)nc(C(C)O)n2)CC(C)N1. The first-order valence-electron chi connectivity index (χ1n) is 6.06. The van der Waals surface area contributed by atoms with Crippen LogP contribution in [0.4, 0.5) is 5.95 Å². The van der Waals surface area contributed by atoms with E-state index >= 15 is 0 Å². The van der Waals surface area contributed by atoms with Gasteiger partial charge in [0.1, 0.15) is 6.10 Å². The molecule has 1 saturated heterocycles. The van der Waals surface area contributed by atoms with Crippen molar-refractivity contribution >= 4 is 17.5 Å². The lowest BCUT2D eigenvalue weighted by atomic mass is 10.1. The monoisotopic (exact) mass is 271 g/mol. The first kappa shape index (κ1) is 13.5. The van der Waals surface area contributed by atoms with E-state index in [-0.39, 0.29) is 5.28 Å². The van der Waals surface area contributed by atoms with Crippen LogP contribution >= 0.6 is 11.6 Å². The van der Waals surface area contributed by atoms with E-state index in [1.54, 1.807) is 6.92 Å². The maximum Gasteiger partial charge on any atom is 0.230 e. The van der Waals surface area contributed by atoms with Crippen molar-refractivity contribution in [3.05, 3.63) is 11.1 Å². The van der Waals surface area contributed by atoms with Crippen LogP contribution in [-0.2, 0) is 0 Å². The van der Waals surface area contributed by atoms with Gasteiger partial charge in [-0.05, 0) is 32.4 Å². The number of aliphatic hydroxyl groups excluding tert-OH is 1. The Morgan fingerprint density at radius 2 is 1.89 bits per heavy atom. The largest absolute Gasteiger partial charge is 0.385 e. The van der Waals surface area contributed by atoms with Crippen molar-refractivity contribution in [3.63, 3.8) is 0 Å². The molecule has 0 aromatic carbocycles. The van der Waals surface area contributed by atoms with Gasteiger partial charge in [-0.1, -0.05) is 0 Å². The highest BCUT2D eigenvalue weighted by atomic mass is 35.5. The van der Waals surface area contributed by atoms with Crippen LogP contribution in [0.15, 0.2) is 0 Å². The molecule has 0 saturated carbocycles. The van der Waals surface area contributed by atoms with Gasteiger partial charge in [0, 0.05) is 25.2 Å². The van der Waals surface area contributed by atoms with Crippen LogP contribution in [-0.4, -0.2) is 45.2 Å². The minimum absolute atomic E-state index is 0.120. The summed E-state index contributed by atoms with van der Waals surface area (Å²) in [4.78, 5) is 14.4. The molecule has 0 radical (unpaired) electrons. The van der Waals surface area contributed by atoms with Crippen LogP contribution in [0, 0.1) is 0 Å². The van der Waals surface area contributed by atoms with E-state index in [0.29, 0.717) is 23.9 Å². The Bertz CT molecular complexity index is 418. The first-order valence-corrected chi connectivity index (χ1v) is 6.44. The Kier molecular flexibility index (Phi) is 3.99. The van der Waals surface area contributed by atoms with E-state index < -0.39 is 6.10 Å². The Morgan fingerprint density at radius 1 is 1.28 bits per heavy atom. The molecule has 2 rings (SSSR count). The van der Waals surface area contributed by atoms with Gasteiger partial charge in [-0.2, -0.15) is 15.0 Å². The van der Waals surface area contributed by atoms with Gasteiger partial charge in [-0.3, -0.25) is 0 Å². The molecule has 100 valence electrons. The van der Waals surface area contributed by atoms with Crippen LogP contribution in [0.3, 0.4) is 0 Å². The number of aliphatic hydroxyl groups is 1. The Balaban J connectivity index is 2.26. The minimum atomic E-state index is -0.748. The van der Waals surface area contributed by atoms with E-state index in [1.165, 1.54) is 0 Å². The predicted octanol–water partition coefficient (Wildman–Crippen LogP) is 0.765. The number of piperazine rings is 1. The van der Waals surface area contributed by atoms with Crippen molar-refractivity contribution in [1.82, 2.24) is 20.3 Å². The molecule has 1 fully saturated rings. The zero-order valence-electron chi connectivity index (χ0n) is 10.8. The minimum Gasteiger partial charge on any atom is -0.385 e. The fraction of sp³-hybridized carbons (Fsp3) is 0.727. The van der Waals surface area contributed by atoms with Crippen molar-refractivity contribution in [2.24, 2.45) is 0 Å². The third-order valence-electron chi connectivity index (χ3n) is 2.83. The third kappa shape index (κ3) is 3.07. The Labute approximate surface area is 111 Å². The smallest absolute Gasteiger partial charge is 0.230 e. The molecule has 1 aromatic heterocycles. The van der Waals surface area contributed by atoms with Gasteiger partial charge in [0.25, 0.3) is 0 Å². The molecule has 1 aliphatic heterocycles. The van der Waals surface area contributed by atoms with E-state index in [9.17, 15) is 5.11 Å². The molecule has 7 heteroatoms. The first-order chi connectivity index (χ1) is 8.45. The number of anilines is 1. The summed E-state index contributed by atoms with van der Waals surface area (Å²) < 4.78 is 0. The zero-order chi connectivity index (χ0) is 13.3. The molecule has 0 amide bonds. The predicted molar refractivity (Wildman–Crippen MR) is 69.7 cm³/mol. The summed E-state index contributed by atoms with van der Waals surface area (Å²) in [6, 6.07) is 0.721. The normalized spacial score (nSPS) is 26.2. The molecule has 18 heavy (non-hydrogen) atoms. The van der Waals surface area contributed by atoms with Crippen molar-refractivity contribution in [2.45, 2.75) is 39.0 Å². The summed E-state index contributed by atoms with van der Waals surface area (Å²) in [5.41, 5.74) is 0. The second kappa shape index (κ2) is 5.34. The maximum atomic E-state index is 9.53. The van der Waals surface area contributed by atoms with Crippen LogP contribution < -0.4 is 10.2 Å². The van der Waals surface area contributed by atoms with E-state index in [2.05, 4.69) is 39.0 Å². The summed E-state index contributed by atoms with van der Waals surface area (Å²) in [7, 11) is 0. The topological polar surface area (TPSA) is 74.2 Å². The molecule has 1 aliphatic rings. The maximum absolute atomic E-state index is 9.53. The van der Waals surface area contributed by atoms with Crippen molar-refractivity contribution in [1.29, 1.82) is 0 Å². The van der Waals surface area contributed by atoms with Gasteiger partial charge >= 0.3 is 0 Å². The molecule has 0 bridgehead atoms. The second-order valence-electron chi connectivity index (χ2n) is 4.81. The van der Waals surface area contributed by atoms with Gasteiger partial charge < -0.3 is 15.3 Å². The number of halogens is 1. The molecule has 3 atom stereocenters. The standard InChI is InChI=1S/C11H18ClN5O/c1-6-4-17(5-7(2)13-6)11-15-9(8(3)18)14-10(12)16-11/h6-8,13,18H,4-5H2,1-3H3. The van der Waals surface area contributed by atoms with E-state index in [0.717, 1.165) is 13.1 Å². The molecule has 2 N–H and O–H groups in total. The van der Waals surface area contributed by atoms with Gasteiger partial charge in [0.05, 0.1) is 0 Å². The van der Waals surface area contributed by atoms with Crippen molar-refractivity contribution in [3.8, 4) is 0 Å². The quantitative estimate of drug-likeness (QED) is 0.828. The van der Waals surface area contributed by atoms with Crippen LogP contribution in [0.2, 0.25) is 5.28 Å². The highest BCUT2D eigenvalue weighted by molar-refractivity contribution is 6.28. The fourth-order valence-corrected chi connectivity index (χ4v) is 2.34. The average Bonchev–Trinajstić information content (AvgIpc) is 2.26. The van der Waals surface area contributed by atoms with Crippen molar-refractivity contribution in [2.75, 3.05) is 18.0 Å². The highest BCUT2D eigenvalue weighted by Gasteiger charge is 2.24. The molecule has 2 heterocycles. The second-order valence-corrected chi connectivity index (χ2v) is 5.15. The molecule has 3 unspecified atom stereocenters. The van der Waals surface area contributed by atoms with E-state index in [4.69, 9.17) is 11.6 Å². The summed E-state index contributed by atoms with van der Waals surface area (Å²) in [5.74, 6) is 0.843. The van der Waals surface area contributed by atoms with Crippen LogP contribution in [0.5, 0.6) is 0 Å². The number of hydrogen-bond donors (Lipinski definition) is 2. The summed E-state index contributed by atoms with van der Waals surface area (Å²) in [5, 5.41) is 13.1. The van der Waals surface area contributed by atoms with Crippen LogP contribution in [0.25, 0.3) is 0 Å². The van der Waals surface area contributed by atoms with Gasteiger partial charge in [-0.15, -0.1) is 0 Å². The Hall–Kier alpha value is -0.980. The summed E-state index contributed by atoms with van der Waals surface area (Å²) in [6.45, 7) is 7.45. The molecular weight excluding hydrogens is 254 g/mol. The number of nitrogens with zero attached hydrogens (tertiary/aromatic N) is 4. The molecule has 0 aliphatic carbocycles. The molecular formula is C11H18ClN5O. The van der Waals surface area contributed by atoms with Gasteiger partial charge in [0.2, 0.25) is 11.2 Å². The summed E-state index contributed by atoms with van der Waals surface area (Å²) in [6.07, 6.45) is -0.748. The summed E-state index contributed by atoms with van der Waals surface area (Å²) >= 11 is 5.87. The Morgan fingerprint density at radius 3 is 2.44 bits per heavy atom. The highest BCUT2D eigenvalue weighted by Crippen LogP contribution is 2.17. The lowest BCUT2D eigenvalue weighted by Crippen LogP contribution is -2.54. The number of aromatic nitrogens is 3. The fourth-order valence-electron chi connectivity index (χ4n) is 2.17.